The monoisotopic (exact) mass is 296 g/mol. The molecular weight excluding hydrogens is 280 g/mol. The average Bonchev–Trinajstić information content (AvgIpc) is 3.02. The van der Waals surface area contributed by atoms with Gasteiger partial charge in [0.05, 0.1) is 18.8 Å². The molecule has 1 N–H and O–H groups in total. The van der Waals surface area contributed by atoms with Gasteiger partial charge in [-0.15, -0.1) is 0 Å². The summed E-state index contributed by atoms with van der Waals surface area (Å²) in [7, 11) is 0. The number of rotatable bonds is 4. The van der Waals surface area contributed by atoms with Gasteiger partial charge in [-0.1, -0.05) is 24.3 Å². The molecular formula is C17H16N2O3. The number of hydrogen-bond donors (Lipinski definition) is 1. The van der Waals surface area contributed by atoms with Gasteiger partial charge in [-0.05, 0) is 24.1 Å². The highest BCUT2D eigenvalue weighted by atomic mass is 16.5. The van der Waals surface area contributed by atoms with E-state index in [2.05, 4.69) is 4.98 Å². The van der Waals surface area contributed by atoms with Crippen LogP contribution in [0.3, 0.4) is 0 Å². The van der Waals surface area contributed by atoms with Crippen LogP contribution in [0.2, 0.25) is 0 Å². The maximum absolute atomic E-state index is 12.0. The quantitative estimate of drug-likeness (QED) is 0.752. The third-order valence-corrected chi connectivity index (χ3v) is 3.45. The topological polar surface area (TPSA) is 63.8 Å². The normalized spacial score (nSPS) is 10.8. The number of nitrogens with zero attached hydrogens (tertiary/aromatic N) is 2. The van der Waals surface area contributed by atoms with Crippen molar-refractivity contribution in [2.45, 2.75) is 13.5 Å². The number of esters is 1. The van der Waals surface area contributed by atoms with Crippen molar-refractivity contribution >= 4 is 11.6 Å². The van der Waals surface area contributed by atoms with Crippen LogP contribution in [0, 0.1) is 0 Å². The number of pyridine rings is 1. The van der Waals surface area contributed by atoms with Gasteiger partial charge < -0.3 is 14.2 Å². The number of carbonyl (C=O) groups is 1. The first-order valence-electron chi connectivity index (χ1n) is 7.07. The first-order chi connectivity index (χ1) is 10.7. The Labute approximate surface area is 127 Å². The zero-order valence-corrected chi connectivity index (χ0v) is 12.2. The van der Waals surface area contributed by atoms with Crippen LogP contribution in [0.25, 0.3) is 16.8 Å². The van der Waals surface area contributed by atoms with E-state index in [4.69, 9.17) is 9.84 Å². The summed E-state index contributed by atoms with van der Waals surface area (Å²) in [5.74, 6) is -0.355. The van der Waals surface area contributed by atoms with E-state index in [9.17, 15) is 4.79 Å². The Morgan fingerprint density at radius 3 is 2.77 bits per heavy atom. The third kappa shape index (κ3) is 2.58. The Kier molecular flexibility index (Phi) is 3.89. The van der Waals surface area contributed by atoms with E-state index in [0.29, 0.717) is 12.2 Å². The van der Waals surface area contributed by atoms with Gasteiger partial charge in [0.2, 0.25) is 0 Å². The van der Waals surface area contributed by atoms with Crippen molar-refractivity contribution in [3.8, 4) is 11.1 Å². The van der Waals surface area contributed by atoms with E-state index < -0.39 is 0 Å². The van der Waals surface area contributed by atoms with Crippen molar-refractivity contribution in [2.75, 3.05) is 6.61 Å². The number of aliphatic hydroxyl groups excluding tert-OH is 1. The van der Waals surface area contributed by atoms with E-state index in [-0.39, 0.29) is 12.6 Å². The standard InChI is InChI=1S/C17H16N2O3/c1-2-22-17(21)14-9-15(16-18-7-8-19(16)10-14)13-5-3-12(11-20)4-6-13/h3-10,20H,2,11H2,1H3. The Morgan fingerprint density at radius 2 is 2.09 bits per heavy atom. The molecule has 0 atom stereocenters. The molecule has 0 aliphatic heterocycles. The smallest absolute Gasteiger partial charge is 0.339 e. The molecule has 2 heterocycles. The Balaban J connectivity index is 2.13. The van der Waals surface area contributed by atoms with Crippen molar-refractivity contribution in [1.82, 2.24) is 9.38 Å². The molecule has 0 amide bonds. The third-order valence-electron chi connectivity index (χ3n) is 3.45. The molecule has 0 saturated heterocycles. The molecule has 3 aromatic rings. The highest BCUT2D eigenvalue weighted by Gasteiger charge is 2.13. The lowest BCUT2D eigenvalue weighted by Gasteiger charge is -2.09. The molecule has 22 heavy (non-hydrogen) atoms. The summed E-state index contributed by atoms with van der Waals surface area (Å²) in [6.45, 7) is 2.12. The molecule has 3 rings (SSSR count). The summed E-state index contributed by atoms with van der Waals surface area (Å²) in [6.07, 6.45) is 5.20. The SMILES string of the molecule is CCOC(=O)c1cc(-c2ccc(CO)cc2)c2nccn2c1. The van der Waals surface area contributed by atoms with Crippen LogP contribution in [0.15, 0.2) is 48.9 Å². The molecule has 5 heteroatoms. The van der Waals surface area contributed by atoms with Crippen molar-refractivity contribution in [3.63, 3.8) is 0 Å². The number of imidazole rings is 1. The molecule has 0 aliphatic carbocycles. The number of hydrogen-bond acceptors (Lipinski definition) is 4. The van der Waals surface area contributed by atoms with Gasteiger partial charge in [-0.3, -0.25) is 0 Å². The van der Waals surface area contributed by atoms with Crippen LogP contribution in [-0.4, -0.2) is 27.1 Å². The Bertz CT molecular complexity index is 806. The minimum Gasteiger partial charge on any atom is -0.462 e. The second-order valence-corrected chi connectivity index (χ2v) is 4.88. The highest BCUT2D eigenvalue weighted by molar-refractivity contribution is 5.92. The fraction of sp³-hybridized carbons (Fsp3) is 0.176. The summed E-state index contributed by atoms with van der Waals surface area (Å²) in [5.41, 5.74) is 3.86. The van der Waals surface area contributed by atoms with Crippen molar-refractivity contribution in [3.05, 3.63) is 60.0 Å². The minimum absolute atomic E-state index is 0.00192. The maximum Gasteiger partial charge on any atom is 0.339 e. The summed E-state index contributed by atoms with van der Waals surface area (Å²) in [4.78, 5) is 16.4. The van der Waals surface area contributed by atoms with E-state index in [1.165, 1.54) is 0 Å². The van der Waals surface area contributed by atoms with Crippen LogP contribution in [-0.2, 0) is 11.3 Å². The van der Waals surface area contributed by atoms with Crippen LogP contribution in [0.5, 0.6) is 0 Å². The number of ether oxygens (including phenoxy) is 1. The second kappa shape index (κ2) is 5.99. The van der Waals surface area contributed by atoms with E-state index in [1.54, 1.807) is 31.6 Å². The Hall–Kier alpha value is -2.66. The number of aliphatic hydroxyl groups is 1. The first-order valence-corrected chi connectivity index (χ1v) is 7.07. The van der Waals surface area contributed by atoms with E-state index in [0.717, 1.165) is 22.3 Å². The van der Waals surface area contributed by atoms with Gasteiger partial charge in [0.25, 0.3) is 0 Å². The van der Waals surface area contributed by atoms with Crippen LogP contribution >= 0.6 is 0 Å². The predicted molar refractivity (Wildman–Crippen MR) is 82.5 cm³/mol. The molecule has 0 bridgehead atoms. The van der Waals surface area contributed by atoms with Crippen molar-refractivity contribution < 1.29 is 14.6 Å². The zero-order chi connectivity index (χ0) is 15.5. The maximum atomic E-state index is 12.0. The van der Waals surface area contributed by atoms with Gasteiger partial charge in [-0.2, -0.15) is 0 Å². The second-order valence-electron chi connectivity index (χ2n) is 4.88. The van der Waals surface area contributed by atoms with Crippen LogP contribution in [0.1, 0.15) is 22.8 Å². The molecule has 0 radical (unpaired) electrons. The molecule has 0 saturated carbocycles. The molecule has 112 valence electrons. The highest BCUT2D eigenvalue weighted by Crippen LogP contribution is 2.26. The average molecular weight is 296 g/mol. The molecule has 0 aliphatic rings. The largest absolute Gasteiger partial charge is 0.462 e. The van der Waals surface area contributed by atoms with Gasteiger partial charge in [-0.25, -0.2) is 9.78 Å². The van der Waals surface area contributed by atoms with Gasteiger partial charge in [0, 0.05) is 24.2 Å². The summed E-state index contributed by atoms with van der Waals surface area (Å²) in [6, 6.07) is 9.31. The van der Waals surface area contributed by atoms with Crippen LogP contribution < -0.4 is 0 Å². The molecule has 0 unspecified atom stereocenters. The fourth-order valence-corrected chi connectivity index (χ4v) is 2.36. The van der Waals surface area contributed by atoms with Gasteiger partial charge in [0.15, 0.2) is 0 Å². The number of carbonyl (C=O) groups excluding carboxylic acids is 1. The number of aromatic nitrogens is 2. The Morgan fingerprint density at radius 1 is 1.32 bits per heavy atom. The van der Waals surface area contributed by atoms with Crippen molar-refractivity contribution in [1.29, 1.82) is 0 Å². The fourth-order valence-electron chi connectivity index (χ4n) is 2.36. The summed E-state index contributed by atoms with van der Waals surface area (Å²) < 4.78 is 6.88. The summed E-state index contributed by atoms with van der Waals surface area (Å²) >= 11 is 0. The van der Waals surface area contributed by atoms with Gasteiger partial charge in [0.1, 0.15) is 5.65 Å². The molecule has 2 aromatic heterocycles. The lowest BCUT2D eigenvalue weighted by Crippen LogP contribution is -2.06. The lowest BCUT2D eigenvalue weighted by molar-refractivity contribution is 0.0526. The first kappa shape index (κ1) is 14.3. The molecule has 0 spiro atoms. The molecule has 1 aromatic carbocycles. The lowest BCUT2D eigenvalue weighted by atomic mass is 10.0. The zero-order valence-electron chi connectivity index (χ0n) is 12.2. The summed E-state index contributed by atoms with van der Waals surface area (Å²) in [5, 5.41) is 9.14. The molecule has 5 nitrogen and oxygen atoms in total. The molecule has 0 fully saturated rings. The minimum atomic E-state index is -0.355. The number of benzene rings is 1. The van der Waals surface area contributed by atoms with E-state index in [1.807, 2.05) is 28.7 Å². The van der Waals surface area contributed by atoms with Gasteiger partial charge >= 0.3 is 5.97 Å². The van der Waals surface area contributed by atoms with E-state index >= 15 is 0 Å². The van der Waals surface area contributed by atoms with Crippen LogP contribution in [0.4, 0.5) is 0 Å². The number of fused-ring (bicyclic) bond motifs is 1. The van der Waals surface area contributed by atoms with Crippen molar-refractivity contribution in [2.24, 2.45) is 0 Å². The predicted octanol–water partition coefficient (Wildman–Crippen LogP) is 2.67.